The third kappa shape index (κ3) is 9.02. The van der Waals surface area contributed by atoms with Gasteiger partial charge < -0.3 is 25.6 Å². The summed E-state index contributed by atoms with van der Waals surface area (Å²) in [5.41, 5.74) is 12.6. The van der Waals surface area contributed by atoms with Gasteiger partial charge in [-0.3, -0.25) is 0 Å². The Bertz CT molecular complexity index is 1300. The summed E-state index contributed by atoms with van der Waals surface area (Å²) in [5, 5.41) is 18.0. The van der Waals surface area contributed by atoms with Gasteiger partial charge in [-0.2, -0.15) is 0 Å². The van der Waals surface area contributed by atoms with E-state index in [0.29, 0.717) is 19.6 Å². The Morgan fingerprint density at radius 2 is 1.33 bits per heavy atom. The normalized spacial score (nSPS) is 11.4. The number of allylic oxidation sites excluding steroid dienone is 1. The number of nitrogens with two attached hydrogens (primary N) is 1. The van der Waals surface area contributed by atoms with Crippen LogP contribution in [-0.2, 0) is 6.42 Å². The summed E-state index contributed by atoms with van der Waals surface area (Å²) in [4.78, 5) is 2.12. The summed E-state index contributed by atoms with van der Waals surface area (Å²) in [6.45, 7) is 4.37. The fraction of sp³-hybridized carbons (Fsp3) is 0.235. The van der Waals surface area contributed by atoms with Crippen LogP contribution in [0.4, 0.5) is 0 Å². The Morgan fingerprint density at radius 3 is 1.87 bits per heavy atom. The van der Waals surface area contributed by atoms with E-state index in [9.17, 15) is 0 Å². The van der Waals surface area contributed by atoms with E-state index in [1.165, 1.54) is 40.0 Å². The van der Waals surface area contributed by atoms with E-state index in [1.807, 2.05) is 0 Å². The van der Waals surface area contributed by atoms with Crippen molar-refractivity contribution >= 4 is 11.1 Å². The van der Waals surface area contributed by atoms with Crippen LogP contribution in [0.3, 0.4) is 0 Å². The van der Waals surface area contributed by atoms with Crippen LogP contribution in [0.2, 0.25) is 0 Å². The van der Waals surface area contributed by atoms with E-state index in [0.717, 1.165) is 24.3 Å². The van der Waals surface area contributed by atoms with Gasteiger partial charge in [0.05, 0.1) is 0 Å². The molecule has 0 heterocycles. The molecule has 0 aromatic heterocycles. The molecular formula is C34H40N2O3. The number of phenolic OH excluding ortho intramolecular Hbond substituents is 2. The molecule has 0 bridgehead atoms. The lowest BCUT2D eigenvalue weighted by Gasteiger charge is -2.17. The number of benzene rings is 4. The second-order valence-electron chi connectivity index (χ2n) is 9.48. The minimum absolute atomic E-state index is 0.0871. The lowest BCUT2D eigenvalue weighted by atomic mass is 9.88. The highest BCUT2D eigenvalue weighted by Crippen LogP contribution is 2.34. The van der Waals surface area contributed by atoms with Gasteiger partial charge in [0.1, 0.15) is 12.4 Å². The molecule has 4 rings (SSSR count). The largest absolute Gasteiger partial charge is 0.504 e. The zero-order valence-electron chi connectivity index (χ0n) is 23.2. The van der Waals surface area contributed by atoms with Gasteiger partial charge in [-0.15, -0.1) is 0 Å². The highest BCUT2D eigenvalue weighted by atomic mass is 16.5. The predicted octanol–water partition coefficient (Wildman–Crippen LogP) is 6.60. The minimum atomic E-state index is -0.0919. The second kappa shape index (κ2) is 15.4. The Hall–Kier alpha value is -4.06. The van der Waals surface area contributed by atoms with Crippen LogP contribution in [0.15, 0.2) is 103 Å². The molecule has 0 fully saturated rings. The SMILES string of the molecule is CC/C(=C(\c1ccccc1)c1ccc(OCCN(C)C)cc1)c1ccccc1.NCCc1ccc(O)c(O)c1. The van der Waals surface area contributed by atoms with Crippen LogP contribution < -0.4 is 10.5 Å². The molecule has 4 aromatic rings. The molecule has 0 unspecified atom stereocenters. The van der Waals surface area contributed by atoms with Crippen LogP contribution in [0.25, 0.3) is 11.1 Å². The first-order valence-corrected chi connectivity index (χ1v) is 13.4. The summed E-state index contributed by atoms with van der Waals surface area (Å²) < 4.78 is 5.87. The molecule has 0 spiro atoms. The molecule has 0 amide bonds. The Balaban J connectivity index is 0.000000320. The zero-order valence-corrected chi connectivity index (χ0v) is 23.2. The summed E-state index contributed by atoms with van der Waals surface area (Å²) in [7, 11) is 4.11. The van der Waals surface area contributed by atoms with Crippen molar-refractivity contribution in [2.24, 2.45) is 5.73 Å². The van der Waals surface area contributed by atoms with Gasteiger partial charge in [-0.1, -0.05) is 85.8 Å². The molecule has 0 aliphatic heterocycles. The molecule has 5 heteroatoms. The first-order chi connectivity index (χ1) is 18.9. The quantitative estimate of drug-likeness (QED) is 0.161. The van der Waals surface area contributed by atoms with E-state index in [1.54, 1.807) is 6.07 Å². The number of phenols is 2. The zero-order chi connectivity index (χ0) is 28.0. The fourth-order valence-electron chi connectivity index (χ4n) is 4.24. The van der Waals surface area contributed by atoms with Crippen molar-refractivity contribution in [2.45, 2.75) is 19.8 Å². The van der Waals surface area contributed by atoms with E-state index < -0.39 is 0 Å². The Labute approximate surface area is 232 Å². The maximum atomic E-state index is 9.04. The first kappa shape index (κ1) is 29.5. The molecule has 0 aliphatic rings. The van der Waals surface area contributed by atoms with E-state index >= 15 is 0 Å². The number of hydrogen-bond acceptors (Lipinski definition) is 5. The van der Waals surface area contributed by atoms with Crippen LogP contribution in [0, 0.1) is 0 Å². The van der Waals surface area contributed by atoms with E-state index in [2.05, 4.69) is 111 Å². The molecular weight excluding hydrogens is 484 g/mol. The molecule has 204 valence electrons. The molecule has 0 saturated carbocycles. The van der Waals surface area contributed by atoms with Gasteiger partial charge in [0, 0.05) is 6.54 Å². The average Bonchev–Trinajstić information content (AvgIpc) is 2.95. The van der Waals surface area contributed by atoms with Gasteiger partial charge >= 0.3 is 0 Å². The van der Waals surface area contributed by atoms with E-state index in [4.69, 9.17) is 20.7 Å². The third-order valence-electron chi connectivity index (χ3n) is 6.26. The molecule has 4 N–H and O–H groups in total. The average molecular weight is 525 g/mol. The van der Waals surface area contributed by atoms with Crippen molar-refractivity contribution in [1.29, 1.82) is 0 Å². The Morgan fingerprint density at radius 1 is 0.744 bits per heavy atom. The second-order valence-corrected chi connectivity index (χ2v) is 9.48. The van der Waals surface area contributed by atoms with Crippen LogP contribution in [-0.4, -0.2) is 48.9 Å². The van der Waals surface area contributed by atoms with Crippen molar-refractivity contribution in [2.75, 3.05) is 33.8 Å². The topological polar surface area (TPSA) is 79.0 Å². The maximum absolute atomic E-state index is 9.04. The van der Waals surface area contributed by atoms with Crippen molar-refractivity contribution in [3.63, 3.8) is 0 Å². The summed E-state index contributed by atoms with van der Waals surface area (Å²) in [5.74, 6) is 0.734. The van der Waals surface area contributed by atoms with E-state index in [-0.39, 0.29) is 11.5 Å². The van der Waals surface area contributed by atoms with Gasteiger partial charge in [-0.05, 0) is 91.1 Å². The smallest absolute Gasteiger partial charge is 0.157 e. The molecule has 39 heavy (non-hydrogen) atoms. The van der Waals surface area contributed by atoms with Gasteiger partial charge in [0.25, 0.3) is 0 Å². The number of likely N-dealkylation sites (N-methyl/N-ethyl adjacent to an activating group) is 1. The molecule has 0 aliphatic carbocycles. The molecule has 4 aromatic carbocycles. The molecule has 0 saturated heterocycles. The summed E-state index contributed by atoms with van der Waals surface area (Å²) in [6, 6.07) is 34.5. The number of nitrogens with zero attached hydrogens (tertiary/aromatic N) is 1. The van der Waals surface area contributed by atoms with Crippen LogP contribution in [0.5, 0.6) is 17.2 Å². The highest BCUT2D eigenvalue weighted by molar-refractivity contribution is 5.98. The number of aromatic hydroxyl groups is 2. The van der Waals surface area contributed by atoms with Gasteiger partial charge in [-0.25, -0.2) is 0 Å². The van der Waals surface area contributed by atoms with Gasteiger partial charge in [0.15, 0.2) is 11.5 Å². The predicted molar refractivity (Wildman–Crippen MR) is 162 cm³/mol. The maximum Gasteiger partial charge on any atom is 0.157 e. The van der Waals surface area contributed by atoms with Crippen LogP contribution in [0.1, 0.15) is 35.6 Å². The fourth-order valence-corrected chi connectivity index (χ4v) is 4.24. The lowest BCUT2D eigenvalue weighted by Crippen LogP contribution is -2.19. The summed E-state index contributed by atoms with van der Waals surface area (Å²) in [6.07, 6.45) is 1.68. The minimum Gasteiger partial charge on any atom is -0.504 e. The highest BCUT2D eigenvalue weighted by Gasteiger charge is 2.13. The molecule has 0 radical (unpaired) electrons. The van der Waals surface area contributed by atoms with Crippen LogP contribution >= 0.6 is 0 Å². The molecule has 0 atom stereocenters. The first-order valence-electron chi connectivity index (χ1n) is 13.4. The number of rotatable bonds is 10. The van der Waals surface area contributed by atoms with Crippen molar-refractivity contribution in [1.82, 2.24) is 4.90 Å². The Kier molecular flexibility index (Phi) is 11.6. The van der Waals surface area contributed by atoms with Crippen molar-refractivity contribution < 1.29 is 14.9 Å². The number of hydrogen-bond donors (Lipinski definition) is 3. The van der Waals surface area contributed by atoms with Gasteiger partial charge in [0.2, 0.25) is 0 Å². The van der Waals surface area contributed by atoms with Crippen molar-refractivity contribution in [3.8, 4) is 17.2 Å². The monoisotopic (exact) mass is 524 g/mol. The molecule has 5 nitrogen and oxygen atoms in total. The number of ether oxygens (including phenoxy) is 1. The lowest BCUT2D eigenvalue weighted by molar-refractivity contribution is 0.261. The summed E-state index contributed by atoms with van der Waals surface area (Å²) >= 11 is 0. The third-order valence-corrected chi connectivity index (χ3v) is 6.26. The standard InChI is InChI=1S/C26H29NO.C8H11NO2/c1-4-25(21-11-7-5-8-12-21)26(22-13-9-6-10-14-22)23-15-17-24(18-16-23)28-20-19-27(2)3;9-4-3-6-1-2-7(10)8(11)5-6/h5-18H,4,19-20H2,1-3H3;1-2,5,10-11H,3-4,9H2/b26-25-;. The van der Waals surface area contributed by atoms with Crippen molar-refractivity contribution in [3.05, 3.63) is 125 Å².